The molecule has 2 amide bonds. The van der Waals surface area contributed by atoms with E-state index in [9.17, 15) is 9.59 Å². The Kier molecular flexibility index (Phi) is 5.40. The van der Waals surface area contributed by atoms with Crippen LogP contribution in [0.25, 0.3) is 0 Å². The zero-order valence-corrected chi connectivity index (χ0v) is 11.2. The van der Waals surface area contributed by atoms with E-state index in [2.05, 4.69) is 5.32 Å². The van der Waals surface area contributed by atoms with Crippen LogP contribution in [-0.4, -0.2) is 53.8 Å². The first-order chi connectivity index (χ1) is 8.40. The number of urea groups is 1. The molecule has 0 radical (unpaired) electrons. The molecule has 2 N–H and O–H groups in total. The average molecular weight is 258 g/mol. The van der Waals surface area contributed by atoms with Crippen LogP contribution in [-0.2, 0) is 9.53 Å². The second-order valence-corrected chi connectivity index (χ2v) is 5.09. The molecule has 0 aliphatic carbocycles. The Labute approximate surface area is 107 Å². The van der Waals surface area contributed by atoms with Crippen molar-refractivity contribution >= 4 is 12.0 Å². The summed E-state index contributed by atoms with van der Waals surface area (Å²) in [7, 11) is 0. The number of aliphatic carboxylic acids is 1. The first-order valence-electron chi connectivity index (χ1n) is 6.29. The third-order valence-corrected chi connectivity index (χ3v) is 2.88. The van der Waals surface area contributed by atoms with Gasteiger partial charge in [0.1, 0.15) is 6.54 Å². The van der Waals surface area contributed by atoms with Gasteiger partial charge in [0.05, 0.1) is 12.1 Å². The van der Waals surface area contributed by atoms with Gasteiger partial charge in [0.2, 0.25) is 0 Å². The summed E-state index contributed by atoms with van der Waals surface area (Å²) in [5.74, 6) is -0.770. The molecule has 1 aliphatic heterocycles. The molecule has 6 nitrogen and oxygen atoms in total. The molecular weight excluding hydrogens is 236 g/mol. The highest BCUT2D eigenvalue weighted by molar-refractivity contribution is 5.80. The summed E-state index contributed by atoms with van der Waals surface area (Å²) < 4.78 is 5.36. The summed E-state index contributed by atoms with van der Waals surface area (Å²) in [6, 6.07) is -0.352. The van der Waals surface area contributed by atoms with Crippen LogP contribution in [0, 0.1) is 5.92 Å². The summed E-state index contributed by atoms with van der Waals surface area (Å²) in [6.45, 7) is 6.59. The molecule has 1 rings (SSSR count). The van der Waals surface area contributed by atoms with Crippen molar-refractivity contribution < 1.29 is 19.4 Å². The van der Waals surface area contributed by atoms with Gasteiger partial charge in [-0.2, -0.15) is 0 Å². The van der Waals surface area contributed by atoms with E-state index in [1.54, 1.807) is 0 Å². The average Bonchev–Trinajstić information content (AvgIpc) is 2.62. The zero-order valence-electron chi connectivity index (χ0n) is 11.2. The molecule has 2 unspecified atom stereocenters. The largest absolute Gasteiger partial charge is 0.480 e. The number of carboxylic acid groups (broad SMARTS) is 1. The smallest absolute Gasteiger partial charge is 0.323 e. The van der Waals surface area contributed by atoms with Crippen LogP contribution in [0.2, 0.25) is 0 Å². The number of carboxylic acids is 1. The van der Waals surface area contributed by atoms with Crippen molar-refractivity contribution in [3.8, 4) is 0 Å². The number of amides is 2. The predicted octanol–water partition coefficient (Wildman–Crippen LogP) is 0.916. The number of ether oxygens (including phenoxy) is 1. The Hall–Kier alpha value is -1.30. The minimum absolute atomic E-state index is 0.0142. The van der Waals surface area contributed by atoms with Crippen molar-refractivity contribution in [3.63, 3.8) is 0 Å². The Morgan fingerprint density at radius 2 is 2.17 bits per heavy atom. The summed E-state index contributed by atoms with van der Waals surface area (Å²) >= 11 is 0. The molecule has 1 fully saturated rings. The maximum atomic E-state index is 12.0. The molecule has 0 aromatic rings. The van der Waals surface area contributed by atoms with Gasteiger partial charge < -0.3 is 20.1 Å². The highest BCUT2D eigenvalue weighted by atomic mass is 16.5. The van der Waals surface area contributed by atoms with Gasteiger partial charge in [0.25, 0.3) is 0 Å². The third-order valence-electron chi connectivity index (χ3n) is 2.88. The van der Waals surface area contributed by atoms with Gasteiger partial charge in [0, 0.05) is 13.2 Å². The lowest BCUT2D eigenvalue weighted by atomic mass is 10.1. The fourth-order valence-electron chi connectivity index (χ4n) is 1.99. The molecule has 2 atom stereocenters. The molecule has 0 aromatic heterocycles. The number of nitrogens with zero attached hydrogens (tertiary/aromatic N) is 1. The molecule has 18 heavy (non-hydrogen) atoms. The number of carbonyl (C=O) groups excluding carboxylic acids is 1. The van der Waals surface area contributed by atoms with Crippen molar-refractivity contribution in [2.24, 2.45) is 5.92 Å². The van der Waals surface area contributed by atoms with Gasteiger partial charge in [0.15, 0.2) is 0 Å². The topological polar surface area (TPSA) is 78.9 Å². The van der Waals surface area contributed by atoms with Gasteiger partial charge in [-0.05, 0) is 19.3 Å². The van der Waals surface area contributed by atoms with Crippen molar-refractivity contribution in [1.29, 1.82) is 0 Å². The fraction of sp³-hybridized carbons (Fsp3) is 0.833. The van der Waals surface area contributed by atoms with Gasteiger partial charge in [-0.15, -0.1) is 0 Å². The van der Waals surface area contributed by atoms with Gasteiger partial charge >= 0.3 is 12.0 Å². The third kappa shape index (κ3) is 4.52. The van der Waals surface area contributed by atoms with E-state index in [0.717, 1.165) is 6.42 Å². The van der Waals surface area contributed by atoms with Crippen LogP contribution < -0.4 is 5.32 Å². The molecule has 104 valence electrons. The van der Waals surface area contributed by atoms with E-state index in [-0.39, 0.29) is 30.6 Å². The van der Waals surface area contributed by atoms with Crippen LogP contribution in [0.3, 0.4) is 0 Å². The fourth-order valence-corrected chi connectivity index (χ4v) is 1.99. The van der Waals surface area contributed by atoms with E-state index in [4.69, 9.17) is 9.84 Å². The zero-order chi connectivity index (χ0) is 13.7. The first-order valence-corrected chi connectivity index (χ1v) is 6.29. The van der Waals surface area contributed by atoms with Crippen LogP contribution in [0.1, 0.15) is 27.2 Å². The monoisotopic (exact) mass is 258 g/mol. The molecule has 1 aliphatic rings. The van der Waals surface area contributed by atoms with Crippen LogP contribution in [0.15, 0.2) is 0 Å². The molecule has 1 heterocycles. The van der Waals surface area contributed by atoms with Crippen LogP contribution in [0.5, 0.6) is 0 Å². The predicted molar refractivity (Wildman–Crippen MR) is 66.4 cm³/mol. The van der Waals surface area contributed by atoms with Crippen LogP contribution >= 0.6 is 0 Å². The first kappa shape index (κ1) is 14.8. The Morgan fingerprint density at radius 3 is 2.61 bits per heavy atom. The van der Waals surface area contributed by atoms with Crippen molar-refractivity contribution in [2.45, 2.75) is 39.3 Å². The summed E-state index contributed by atoms with van der Waals surface area (Å²) in [5, 5.41) is 11.7. The number of hydrogen-bond acceptors (Lipinski definition) is 3. The van der Waals surface area contributed by atoms with Gasteiger partial charge in [-0.3, -0.25) is 4.79 Å². The summed E-state index contributed by atoms with van der Waals surface area (Å²) in [5.41, 5.74) is 0. The lowest BCUT2D eigenvalue weighted by Crippen LogP contribution is -2.49. The van der Waals surface area contributed by atoms with Crippen molar-refractivity contribution in [1.82, 2.24) is 10.2 Å². The van der Waals surface area contributed by atoms with E-state index in [1.165, 1.54) is 4.90 Å². The lowest BCUT2D eigenvalue weighted by molar-refractivity contribution is -0.137. The normalized spacial score (nSPS) is 23.1. The minimum atomic E-state index is -0.999. The molecule has 1 saturated heterocycles. The second-order valence-electron chi connectivity index (χ2n) is 5.09. The molecule has 0 spiro atoms. The number of carbonyl (C=O) groups is 2. The molecular formula is C12H22N2O4. The number of rotatable bonds is 5. The van der Waals surface area contributed by atoms with Crippen molar-refractivity contribution in [2.75, 3.05) is 19.7 Å². The second kappa shape index (κ2) is 6.58. The van der Waals surface area contributed by atoms with Gasteiger partial charge in [-0.1, -0.05) is 13.8 Å². The summed E-state index contributed by atoms with van der Waals surface area (Å²) in [6.07, 6.45) is 0.759. The molecule has 0 saturated carbocycles. The van der Waals surface area contributed by atoms with E-state index in [0.29, 0.717) is 13.2 Å². The lowest BCUT2D eigenvalue weighted by Gasteiger charge is -2.26. The Balaban J connectivity index is 2.54. The maximum absolute atomic E-state index is 12.0. The van der Waals surface area contributed by atoms with Gasteiger partial charge in [-0.25, -0.2) is 4.79 Å². The van der Waals surface area contributed by atoms with E-state index in [1.807, 2.05) is 20.8 Å². The quantitative estimate of drug-likeness (QED) is 0.768. The standard InChI is InChI=1S/C12H22N2O4/c1-8(2)6-14(7-11(15)16)12(17)13-10-4-5-18-9(10)3/h8-10H,4-7H2,1-3H3,(H,13,17)(H,15,16). The Bertz CT molecular complexity index is 306. The van der Waals surface area contributed by atoms with E-state index >= 15 is 0 Å². The highest BCUT2D eigenvalue weighted by Gasteiger charge is 2.28. The number of nitrogens with one attached hydrogen (secondary N) is 1. The van der Waals surface area contributed by atoms with Crippen LogP contribution in [0.4, 0.5) is 4.79 Å². The minimum Gasteiger partial charge on any atom is -0.480 e. The van der Waals surface area contributed by atoms with E-state index < -0.39 is 5.97 Å². The Morgan fingerprint density at radius 1 is 1.50 bits per heavy atom. The summed E-state index contributed by atoms with van der Waals surface area (Å²) in [4.78, 5) is 24.1. The maximum Gasteiger partial charge on any atom is 0.323 e. The number of hydrogen-bond donors (Lipinski definition) is 2. The highest BCUT2D eigenvalue weighted by Crippen LogP contribution is 2.13. The molecule has 0 aromatic carbocycles. The molecule has 6 heteroatoms. The molecule has 0 bridgehead atoms. The SMILES string of the molecule is CC(C)CN(CC(=O)O)C(=O)NC1CCOC1C. The van der Waals surface area contributed by atoms with Crippen molar-refractivity contribution in [3.05, 3.63) is 0 Å².